The van der Waals surface area contributed by atoms with E-state index in [1.54, 1.807) is 22.7 Å². The molecule has 0 N–H and O–H groups in total. The molecule has 1 nitrogen and oxygen atoms in total. The first-order valence-corrected chi connectivity index (χ1v) is 5.70. The standard InChI is InChI=1S/C10H6OS2/c1-2-9(12-4-1)8-6-10-7(11-8)3-5-13-10/h1-6H. The Morgan fingerprint density at radius 2 is 2.08 bits per heavy atom. The summed E-state index contributed by atoms with van der Waals surface area (Å²) in [6.07, 6.45) is 0. The van der Waals surface area contributed by atoms with Crippen molar-refractivity contribution < 1.29 is 4.42 Å². The van der Waals surface area contributed by atoms with Crippen molar-refractivity contribution in [3.8, 4) is 10.6 Å². The molecule has 0 fully saturated rings. The molecule has 0 saturated heterocycles. The highest BCUT2D eigenvalue weighted by Gasteiger charge is 2.06. The van der Waals surface area contributed by atoms with Crippen LogP contribution in [0.4, 0.5) is 0 Å². The molecule has 0 aliphatic rings. The SMILES string of the molecule is c1csc(-c2cc3sccc3o2)c1. The summed E-state index contributed by atoms with van der Waals surface area (Å²) in [5.74, 6) is 0.983. The van der Waals surface area contributed by atoms with Crippen LogP contribution in [0.3, 0.4) is 0 Å². The molecule has 3 heterocycles. The summed E-state index contributed by atoms with van der Waals surface area (Å²) in [6, 6.07) is 8.23. The van der Waals surface area contributed by atoms with E-state index in [-0.39, 0.29) is 0 Å². The smallest absolute Gasteiger partial charge is 0.146 e. The molecule has 0 amide bonds. The number of fused-ring (bicyclic) bond motifs is 1. The van der Waals surface area contributed by atoms with Crippen molar-refractivity contribution in [2.75, 3.05) is 0 Å². The van der Waals surface area contributed by atoms with Crippen LogP contribution in [-0.2, 0) is 0 Å². The van der Waals surface area contributed by atoms with Gasteiger partial charge in [0.2, 0.25) is 0 Å². The molecule has 0 unspecified atom stereocenters. The molecule has 3 heteroatoms. The van der Waals surface area contributed by atoms with Gasteiger partial charge in [0.05, 0.1) is 9.58 Å². The van der Waals surface area contributed by atoms with E-state index in [0.29, 0.717) is 0 Å². The zero-order chi connectivity index (χ0) is 8.67. The van der Waals surface area contributed by atoms with Crippen molar-refractivity contribution in [3.63, 3.8) is 0 Å². The minimum Gasteiger partial charge on any atom is -0.454 e. The molecule has 0 saturated carbocycles. The zero-order valence-electron chi connectivity index (χ0n) is 6.69. The van der Waals surface area contributed by atoms with Crippen molar-refractivity contribution in [2.24, 2.45) is 0 Å². The lowest BCUT2D eigenvalue weighted by molar-refractivity contribution is 0.634. The fraction of sp³-hybridized carbons (Fsp3) is 0. The maximum absolute atomic E-state index is 5.67. The highest BCUT2D eigenvalue weighted by molar-refractivity contribution is 7.17. The van der Waals surface area contributed by atoms with Gasteiger partial charge in [0, 0.05) is 6.07 Å². The molecule has 0 aliphatic carbocycles. The van der Waals surface area contributed by atoms with E-state index in [1.165, 1.54) is 9.58 Å². The van der Waals surface area contributed by atoms with E-state index in [4.69, 9.17) is 4.42 Å². The monoisotopic (exact) mass is 206 g/mol. The van der Waals surface area contributed by atoms with E-state index >= 15 is 0 Å². The average Bonchev–Trinajstić information content (AvgIpc) is 2.78. The van der Waals surface area contributed by atoms with Crippen LogP contribution in [-0.4, -0.2) is 0 Å². The van der Waals surface area contributed by atoms with E-state index < -0.39 is 0 Å². The Balaban J connectivity index is 2.23. The van der Waals surface area contributed by atoms with Crippen LogP contribution in [0.25, 0.3) is 20.9 Å². The quantitative estimate of drug-likeness (QED) is 0.581. The molecule has 3 aromatic rings. The lowest BCUT2D eigenvalue weighted by Gasteiger charge is -1.86. The van der Waals surface area contributed by atoms with Crippen molar-refractivity contribution in [3.05, 3.63) is 35.0 Å². The topological polar surface area (TPSA) is 13.1 Å². The number of hydrogen-bond acceptors (Lipinski definition) is 3. The molecule has 13 heavy (non-hydrogen) atoms. The summed E-state index contributed by atoms with van der Waals surface area (Å²) in [5, 5.41) is 4.11. The Bertz CT molecular complexity index is 487. The molecule has 0 aliphatic heterocycles. The number of furan rings is 1. The van der Waals surface area contributed by atoms with Crippen LogP contribution in [0.15, 0.2) is 39.4 Å². The maximum Gasteiger partial charge on any atom is 0.146 e. The maximum atomic E-state index is 5.67. The second kappa shape index (κ2) is 2.72. The van der Waals surface area contributed by atoms with Gasteiger partial charge in [0.25, 0.3) is 0 Å². The van der Waals surface area contributed by atoms with Crippen LogP contribution in [0.1, 0.15) is 0 Å². The first-order chi connectivity index (χ1) is 6.43. The van der Waals surface area contributed by atoms with Gasteiger partial charge in [-0.05, 0) is 22.9 Å². The zero-order valence-corrected chi connectivity index (χ0v) is 8.32. The average molecular weight is 206 g/mol. The van der Waals surface area contributed by atoms with Gasteiger partial charge in [-0.25, -0.2) is 0 Å². The summed E-state index contributed by atoms with van der Waals surface area (Å²) in [5.41, 5.74) is 0.994. The second-order valence-corrected chi connectivity index (χ2v) is 4.63. The van der Waals surface area contributed by atoms with Crippen LogP contribution in [0.5, 0.6) is 0 Å². The highest BCUT2D eigenvalue weighted by atomic mass is 32.1. The van der Waals surface area contributed by atoms with Crippen molar-refractivity contribution >= 4 is 33.0 Å². The van der Waals surface area contributed by atoms with Crippen LogP contribution < -0.4 is 0 Å². The summed E-state index contributed by atoms with van der Waals surface area (Å²) in [4.78, 5) is 1.20. The van der Waals surface area contributed by atoms with Gasteiger partial charge in [-0.3, -0.25) is 0 Å². The fourth-order valence-electron chi connectivity index (χ4n) is 1.31. The minimum absolute atomic E-state index is 0.983. The molecule has 0 aromatic carbocycles. The second-order valence-electron chi connectivity index (χ2n) is 2.74. The van der Waals surface area contributed by atoms with Gasteiger partial charge < -0.3 is 4.42 Å². The summed E-state index contributed by atoms with van der Waals surface area (Å²) < 4.78 is 6.90. The molecule has 0 radical (unpaired) electrons. The highest BCUT2D eigenvalue weighted by Crippen LogP contribution is 2.32. The van der Waals surface area contributed by atoms with E-state index in [1.807, 2.05) is 17.5 Å². The Morgan fingerprint density at radius 1 is 1.08 bits per heavy atom. The Morgan fingerprint density at radius 3 is 2.85 bits per heavy atom. The minimum atomic E-state index is 0.983. The lowest BCUT2D eigenvalue weighted by Crippen LogP contribution is -1.59. The van der Waals surface area contributed by atoms with Crippen molar-refractivity contribution in [2.45, 2.75) is 0 Å². The fourth-order valence-corrected chi connectivity index (χ4v) is 2.72. The molecule has 64 valence electrons. The third-order valence-corrected chi connectivity index (χ3v) is 3.63. The predicted octanol–water partition coefficient (Wildman–Crippen LogP) is 4.22. The number of thiophene rings is 2. The van der Waals surface area contributed by atoms with E-state index in [0.717, 1.165) is 11.3 Å². The van der Waals surface area contributed by atoms with Gasteiger partial charge in [-0.15, -0.1) is 22.7 Å². The van der Waals surface area contributed by atoms with Gasteiger partial charge in [0.15, 0.2) is 0 Å². The Labute approximate surface area is 83.2 Å². The third-order valence-electron chi connectivity index (χ3n) is 1.90. The number of hydrogen-bond donors (Lipinski definition) is 0. The van der Waals surface area contributed by atoms with Crippen molar-refractivity contribution in [1.29, 1.82) is 0 Å². The summed E-state index contributed by atoms with van der Waals surface area (Å²) in [7, 11) is 0. The molecular formula is C10H6OS2. The van der Waals surface area contributed by atoms with Crippen LogP contribution >= 0.6 is 22.7 Å². The van der Waals surface area contributed by atoms with Gasteiger partial charge >= 0.3 is 0 Å². The number of rotatable bonds is 1. The normalized spacial score (nSPS) is 11.1. The molecule has 0 spiro atoms. The lowest BCUT2D eigenvalue weighted by atomic mass is 10.4. The van der Waals surface area contributed by atoms with Crippen LogP contribution in [0.2, 0.25) is 0 Å². The summed E-state index contributed by atoms with van der Waals surface area (Å²) in [6.45, 7) is 0. The first kappa shape index (κ1) is 7.35. The van der Waals surface area contributed by atoms with Gasteiger partial charge in [-0.1, -0.05) is 6.07 Å². The Kier molecular flexibility index (Phi) is 1.54. The largest absolute Gasteiger partial charge is 0.454 e. The predicted molar refractivity (Wildman–Crippen MR) is 57.4 cm³/mol. The van der Waals surface area contributed by atoms with Crippen LogP contribution in [0, 0.1) is 0 Å². The molecule has 3 rings (SSSR count). The van der Waals surface area contributed by atoms with E-state index in [9.17, 15) is 0 Å². The molecule has 0 bridgehead atoms. The van der Waals surface area contributed by atoms with Gasteiger partial charge in [0.1, 0.15) is 11.3 Å². The third kappa shape index (κ3) is 1.12. The van der Waals surface area contributed by atoms with Gasteiger partial charge in [-0.2, -0.15) is 0 Å². The summed E-state index contributed by atoms with van der Waals surface area (Å²) >= 11 is 3.42. The first-order valence-electron chi connectivity index (χ1n) is 3.94. The molecule has 0 atom stereocenters. The Hall–Kier alpha value is -1.06. The molecular weight excluding hydrogens is 200 g/mol. The van der Waals surface area contributed by atoms with E-state index in [2.05, 4.69) is 17.5 Å². The van der Waals surface area contributed by atoms with Crippen molar-refractivity contribution in [1.82, 2.24) is 0 Å². The molecule has 3 aromatic heterocycles.